The van der Waals surface area contributed by atoms with Crippen molar-refractivity contribution in [1.29, 1.82) is 0 Å². The third-order valence-corrected chi connectivity index (χ3v) is 2.69. The minimum absolute atomic E-state index is 0. The van der Waals surface area contributed by atoms with Crippen LogP contribution in [0.4, 0.5) is 0 Å². The summed E-state index contributed by atoms with van der Waals surface area (Å²) in [4.78, 5) is 15.5. The lowest BCUT2D eigenvalue weighted by molar-refractivity contribution is 0.0600. The lowest BCUT2D eigenvalue weighted by Crippen LogP contribution is -2.09. The predicted molar refractivity (Wildman–Crippen MR) is 63.1 cm³/mol. The van der Waals surface area contributed by atoms with E-state index in [4.69, 9.17) is 0 Å². The molecule has 1 saturated heterocycles. The van der Waals surface area contributed by atoms with Crippen molar-refractivity contribution in [2.45, 2.75) is 12.3 Å². The van der Waals surface area contributed by atoms with Crippen LogP contribution in [-0.2, 0) is 4.74 Å². The highest BCUT2D eigenvalue weighted by Gasteiger charge is 2.18. The topological polar surface area (TPSA) is 51.2 Å². The van der Waals surface area contributed by atoms with Crippen molar-refractivity contribution in [3.63, 3.8) is 0 Å². The van der Waals surface area contributed by atoms with Gasteiger partial charge in [0.1, 0.15) is 0 Å². The van der Waals surface area contributed by atoms with Crippen molar-refractivity contribution in [2.75, 3.05) is 20.2 Å². The second-order valence-electron chi connectivity index (χ2n) is 3.65. The van der Waals surface area contributed by atoms with Gasteiger partial charge in [-0.15, -0.1) is 12.4 Å². The highest BCUT2D eigenvalue weighted by atomic mass is 35.5. The standard InChI is InChI=1S/C11H14N2O2.ClH/c1-15-11(14)9-2-3-10(13-7-9)8-4-5-12-6-8;/h2-3,7-8,12H,4-6H2,1H3;1H. The molecular formula is C11H15ClN2O2. The Balaban J connectivity index is 0.00000128. The van der Waals surface area contributed by atoms with E-state index in [-0.39, 0.29) is 18.4 Å². The number of halogens is 1. The molecule has 2 heterocycles. The van der Waals surface area contributed by atoms with Crippen molar-refractivity contribution in [2.24, 2.45) is 0 Å². The Bertz CT molecular complexity index is 348. The van der Waals surface area contributed by atoms with Crippen LogP contribution in [0.1, 0.15) is 28.4 Å². The molecule has 2 rings (SSSR count). The van der Waals surface area contributed by atoms with Gasteiger partial charge in [-0.25, -0.2) is 4.79 Å². The Morgan fingerprint density at radius 1 is 1.56 bits per heavy atom. The molecule has 0 amide bonds. The molecule has 1 aromatic rings. The first kappa shape index (κ1) is 12.9. The summed E-state index contributed by atoms with van der Waals surface area (Å²) >= 11 is 0. The van der Waals surface area contributed by atoms with E-state index in [9.17, 15) is 4.79 Å². The molecule has 1 unspecified atom stereocenters. The van der Waals surface area contributed by atoms with Gasteiger partial charge in [-0.05, 0) is 25.1 Å². The summed E-state index contributed by atoms with van der Waals surface area (Å²) in [5.74, 6) is 0.148. The number of hydrogen-bond donors (Lipinski definition) is 1. The molecule has 0 saturated carbocycles. The minimum atomic E-state index is -0.335. The van der Waals surface area contributed by atoms with E-state index in [0.29, 0.717) is 11.5 Å². The molecule has 0 spiro atoms. The second-order valence-corrected chi connectivity index (χ2v) is 3.65. The van der Waals surface area contributed by atoms with Gasteiger partial charge < -0.3 is 10.1 Å². The van der Waals surface area contributed by atoms with Crippen molar-refractivity contribution in [1.82, 2.24) is 10.3 Å². The van der Waals surface area contributed by atoms with Gasteiger partial charge in [0.15, 0.2) is 0 Å². The average molecular weight is 243 g/mol. The van der Waals surface area contributed by atoms with Crippen molar-refractivity contribution in [3.8, 4) is 0 Å². The van der Waals surface area contributed by atoms with E-state index in [1.807, 2.05) is 6.07 Å². The van der Waals surface area contributed by atoms with E-state index in [0.717, 1.165) is 25.2 Å². The van der Waals surface area contributed by atoms with Crippen LogP contribution in [0.5, 0.6) is 0 Å². The molecule has 1 aliphatic rings. The summed E-state index contributed by atoms with van der Waals surface area (Å²) in [6.07, 6.45) is 2.70. The van der Waals surface area contributed by atoms with Crippen LogP contribution in [0, 0.1) is 0 Å². The van der Waals surface area contributed by atoms with Crippen LogP contribution < -0.4 is 5.32 Å². The van der Waals surface area contributed by atoms with E-state index in [2.05, 4.69) is 15.0 Å². The van der Waals surface area contributed by atoms with Gasteiger partial charge in [0, 0.05) is 24.4 Å². The van der Waals surface area contributed by atoms with Crippen LogP contribution in [0.25, 0.3) is 0 Å². The van der Waals surface area contributed by atoms with Gasteiger partial charge in [-0.3, -0.25) is 4.98 Å². The summed E-state index contributed by atoms with van der Waals surface area (Å²) in [5, 5.41) is 3.29. The summed E-state index contributed by atoms with van der Waals surface area (Å²) in [6, 6.07) is 3.68. The monoisotopic (exact) mass is 242 g/mol. The molecule has 1 N–H and O–H groups in total. The summed E-state index contributed by atoms with van der Waals surface area (Å²) in [7, 11) is 1.37. The average Bonchev–Trinajstić information content (AvgIpc) is 2.82. The molecule has 1 aromatic heterocycles. The molecule has 1 atom stereocenters. The van der Waals surface area contributed by atoms with Crippen LogP contribution in [0.15, 0.2) is 18.3 Å². The molecule has 1 aliphatic heterocycles. The third-order valence-electron chi connectivity index (χ3n) is 2.69. The van der Waals surface area contributed by atoms with Gasteiger partial charge in [0.2, 0.25) is 0 Å². The van der Waals surface area contributed by atoms with E-state index >= 15 is 0 Å². The van der Waals surface area contributed by atoms with Gasteiger partial charge in [0.25, 0.3) is 0 Å². The molecule has 0 aliphatic carbocycles. The number of nitrogens with one attached hydrogen (secondary N) is 1. The normalized spacial score (nSPS) is 18.9. The van der Waals surface area contributed by atoms with Gasteiger partial charge in [-0.1, -0.05) is 0 Å². The van der Waals surface area contributed by atoms with Gasteiger partial charge in [-0.2, -0.15) is 0 Å². The van der Waals surface area contributed by atoms with Gasteiger partial charge >= 0.3 is 5.97 Å². The lowest BCUT2D eigenvalue weighted by atomic mass is 10.0. The van der Waals surface area contributed by atoms with Crippen LogP contribution in [-0.4, -0.2) is 31.2 Å². The van der Waals surface area contributed by atoms with E-state index in [1.54, 1.807) is 12.3 Å². The summed E-state index contributed by atoms with van der Waals surface area (Å²) < 4.78 is 4.61. The van der Waals surface area contributed by atoms with Gasteiger partial charge in [0.05, 0.1) is 12.7 Å². The Labute approximate surface area is 101 Å². The molecule has 16 heavy (non-hydrogen) atoms. The number of rotatable bonds is 2. The first-order chi connectivity index (χ1) is 7.31. The number of hydrogen-bond acceptors (Lipinski definition) is 4. The van der Waals surface area contributed by atoms with Crippen molar-refractivity contribution in [3.05, 3.63) is 29.6 Å². The van der Waals surface area contributed by atoms with Crippen LogP contribution >= 0.6 is 12.4 Å². The molecule has 0 radical (unpaired) electrons. The zero-order chi connectivity index (χ0) is 10.7. The fraction of sp³-hybridized carbons (Fsp3) is 0.455. The Hall–Kier alpha value is -1.13. The minimum Gasteiger partial charge on any atom is -0.465 e. The highest BCUT2D eigenvalue weighted by Crippen LogP contribution is 2.20. The number of carbonyl (C=O) groups is 1. The molecular weight excluding hydrogens is 228 g/mol. The first-order valence-corrected chi connectivity index (χ1v) is 5.06. The molecule has 4 nitrogen and oxygen atoms in total. The molecule has 5 heteroatoms. The highest BCUT2D eigenvalue weighted by molar-refractivity contribution is 5.88. The Morgan fingerprint density at radius 3 is 2.88 bits per heavy atom. The Kier molecular flexibility index (Phi) is 4.71. The van der Waals surface area contributed by atoms with E-state index in [1.165, 1.54) is 7.11 Å². The number of ether oxygens (including phenoxy) is 1. The first-order valence-electron chi connectivity index (χ1n) is 5.06. The number of esters is 1. The van der Waals surface area contributed by atoms with E-state index < -0.39 is 0 Å². The van der Waals surface area contributed by atoms with Crippen molar-refractivity contribution >= 4 is 18.4 Å². The second kappa shape index (κ2) is 5.82. The summed E-state index contributed by atoms with van der Waals surface area (Å²) in [6.45, 7) is 2.02. The third kappa shape index (κ3) is 2.71. The van der Waals surface area contributed by atoms with Crippen LogP contribution in [0.2, 0.25) is 0 Å². The maximum Gasteiger partial charge on any atom is 0.339 e. The zero-order valence-corrected chi connectivity index (χ0v) is 9.92. The zero-order valence-electron chi connectivity index (χ0n) is 9.10. The van der Waals surface area contributed by atoms with Crippen LogP contribution in [0.3, 0.4) is 0 Å². The predicted octanol–water partition coefficient (Wildman–Crippen LogP) is 1.37. The maximum absolute atomic E-state index is 11.2. The maximum atomic E-state index is 11.2. The largest absolute Gasteiger partial charge is 0.465 e. The summed E-state index contributed by atoms with van der Waals surface area (Å²) in [5.41, 5.74) is 1.56. The molecule has 0 bridgehead atoms. The number of pyridine rings is 1. The fourth-order valence-electron chi connectivity index (χ4n) is 1.79. The fourth-order valence-corrected chi connectivity index (χ4v) is 1.79. The molecule has 88 valence electrons. The molecule has 1 fully saturated rings. The lowest BCUT2D eigenvalue weighted by Gasteiger charge is -2.07. The SMILES string of the molecule is COC(=O)c1ccc(C2CCNC2)nc1.Cl. The number of nitrogens with zero attached hydrogens (tertiary/aromatic N) is 1. The smallest absolute Gasteiger partial charge is 0.339 e. The molecule has 0 aromatic carbocycles. The number of carbonyl (C=O) groups excluding carboxylic acids is 1. The Morgan fingerprint density at radius 2 is 2.38 bits per heavy atom. The quantitative estimate of drug-likeness (QED) is 0.796. The van der Waals surface area contributed by atoms with Crippen molar-refractivity contribution < 1.29 is 9.53 Å². The number of aromatic nitrogens is 1. The number of methoxy groups -OCH3 is 1.